The van der Waals surface area contributed by atoms with E-state index in [0.29, 0.717) is 0 Å². The van der Waals surface area contributed by atoms with Crippen LogP contribution in [0, 0.1) is 0 Å². The Morgan fingerprint density at radius 3 is 2.84 bits per heavy atom. The molecule has 1 aromatic carbocycles. The zero-order valence-corrected chi connectivity index (χ0v) is 11.3. The summed E-state index contributed by atoms with van der Waals surface area (Å²) in [5, 5.41) is 6.44. The predicted octanol–water partition coefficient (Wildman–Crippen LogP) is -0.889. The lowest BCUT2D eigenvalue weighted by Gasteiger charge is -2.34. The molecular formula is C13H19N5O. The average molecular weight is 261 g/mol. The molecule has 0 aliphatic carbocycles. The first-order valence-corrected chi connectivity index (χ1v) is 6.49. The normalized spacial score (nSPS) is 18.9. The molecule has 1 aromatic rings. The van der Waals surface area contributed by atoms with Gasteiger partial charge in [-0.05, 0) is 12.1 Å². The molecule has 0 amide bonds. The van der Waals surface area contributed by atoms with Crippen molar-refractivity contribution >= 4 is 11.5 Å². The number of anilines is 1. The van der Waals surface area contributed by atoms with Gasteiger partial charge in [-0.1, -0.05) is 6.07 Å². The van der Waals surface area contributed by atoms with Crippen molar-refractivity contribution in [3.63, 3.8) is 0 Å². The first-order valence-electron chi connectivity index (χ1n) is 6.49. The molecule has 102 valence electrons. The largest absolute Gasteiger partial charge is 0.378 e. The summed E-state index contributed by atoms with van der Waals surface area (Å²) in [5.74, 6) is 1.19. The summed E-state index contributed by atoms with van der Waals surface area (Å²) < 4.78 is 5.44. The van der Waals surface area contributed by atoms with Crippen molar-refractivity contribution in [1.82, 2.24) is 15.3 Å². The highest BCUT2D eigenvalue weighted by atomic mass is 16.5. The standard InChI is InChI=1S/C13H19N5O/c1-17(2)13(18-6-8-19-9-7-18)10-4-3-5-11-12(10)15-16-14-11/h3-5,14,16H,6-9H2,1-2H3. The molecule has 0 aromatic heterocycles. The van der Waals surface area contributed by atoms with Crippen LogP contribution in [0.1, 0.15) is 0 Å². The van der Waals surface area contributed by atoms with Gasteiger partial charge in [0, 0.05) is 32.4 Å². The molecule has 2 N–H and O–H groups in total. The molecule has 0 saturated carbocycles. The van der Waals surface area contributed by atoms with Crippen molar-refractivity contribution in [3.05, 3.63) is 28.8 Å². The van der Waals surface area contributed by atoms with E-state index in [1.807, 2.05) is 12.1 Å². The molecule has 1 saturated heterocycles. The molecule has 0 spiro atoms. The summed E-state index contributed by atoms with van der Waals surface area (Å²) in [7, 11) is 4.14. The van der Waals surface area contributed by atoms with Crippen LogP contribution in [-0.2, 0) is 4.74 Å². The highest BCUT2D eigenvalue weighted by Crippen LogP contribution is 2.10. The maximum Gasteiger partial charge on any atom is 0.121 e. The van der Waals surface area contributed by atoms with Crippen molar-refractivity contribution in [2.45, 2.75) is 0 Å². The number of hydrogen-bond donors (Lipinski definition) is 2. The van der Waals surface area contributed by atoms with Gasteiger partial charge in [-0.2, -0.15) is 5.10 Å². The third-order valence-electron chi connectivity index (χ3n) is 3.37. The molecule has 6 heteroatoms. The highest BCUT2D eigenvalue weighted by Gasteiger charge is 2.17. The molecule has 0 unspecified atom stereocenters. The fourth-order valence-corrected chi connectivity index (χ4v) is 2.56. The van der Waals surface area contributed by atoms with E-state index in [1.54, 1.807) is 0 Å². The van der Waals surface area contributed by atoms with Gasteiger partial charge in [0.1, 0.15) is 11.2 Å². The molecular weight excluding hydrogens is 242 g/mol. The monoisotopic (exact) mass is 261 g/mol. The van der Waals surface area contributed by atoms with Crippen molar-refractivity contribution in [2.24, 2.45) is 5.10 Å². The topological polar surface area (TPSA) is 52.1 Å². The van der Waals surface area contributed by atoms with Gasteiger partial charge < -0.3 is 14.5 Å². The van der Waals surface area contributed by atoms with Gasteiger partial charge in [-0.25, -0.2) is 5.53 Å². The third-order valence-corrected chi connectivity index (χ3v) is 3.37. The minimum Gasteiger partial charge on any atom is -0.378 e. The Labute approximate surface area is 112 Å². The lowest BCUT2D eigenvalue weighted by Crippen LogP contribution is -2.45. The van der Waals surface area contributed by atoms with Gasteiger partial charge in [0.05, 0.1) is 18.9 Å². The van der Waals surface area contributed by atoms with Crippen LogP contribution in [0.25, 0.3) is 5.82 Å². The Kier molecular flexibility index (Phi) is 3.16. The van der Waals surface area contributed by atoms with Crippen molar-refractivity contribution in [2.75, 3.05) is 45.8 Å². The lowest BCUT2D eigenvalue weighted by atomic mass is 10.2. The second-order valence-corrected chi connectivity index (χ2v) is 4.87. The third kappa shape index (κ3) is 2.19. The molecule has 3 rings (SSSR count). The molecule has 0 bridgehead atoms. The Hall–Kier alpha value is -1.95. The van der Waals surface area contributed by atoms with Gasteiger partial charge in [0.2, 0.25) is 0 Å². The van der Waals surface area contributed by atoms with E-state index in [9.17, 15) is 0 Å². The zero-order chi connectivity index (χ0) is 13.2. The quantitative estimate of drug-likeness (QED) is 0.723. The van der Waals surface area contributed by atoms with Crippen molar-refractivity contribution in [1.29, 1.82) is 0 Å². The smallest absolute Gasteiger partial charge is 0.121 e. The van der Waals surface area contributed by atoms with Crippen molar-refractivity contribution < 1.29 is 4.74 Å². The molecule has 2 heterocycles. The van der Waals surface area contributed by atoms with E-state index < -0.39 is 0 Å². The Balaban J connectivity index is 2.18. The fourth-order valence-electron chi connectivity index (χ4n) is 2.56. The fraction of sp³-hybridized carbons (Fsp3) is 0.462. The van der Waals surface area contributed by atoms with E-state index in [2.05, 4.69) is 46.0 Å². The predicted molar refractivity (Wildman–Crippen MR) is 73.5 cm³/mol. The zero-order valence-electron chi connectivity index (χ0n) is 11.3. The number of nitrogens with one attached hydrogen (secondary N) is 2. The van der Waals surface area contributed by atoms with Gasteiger partial charge in [-0.3, -0.25) is 5.43 Å². The number of rotatable bonds is 2. The van der Waals surface area contributed by atoms with Gasteiger partial charge in [0.15, 0.2) is 0 Å². The van der Waals surface area contributed by atoms with E-state index in [1.165, 1.54) is 5.82 Å². The second-order valence-electron chi connectivity index (χ2n) is 4.87. The number of morpholine rings is 1. The minimum atomic E-state index is 0.778. The lowest BCUT2D eigenvalue weighted by molar-refractivity contribution is 0.0569. The summed E-state index contributed by atoms with van der Waals surface area (Å²) in [5.41, 5.74) is 6.89. The van der Waals surface area contributed by atoms with Crippen LogP contribution in [0.4, 0.5) is 5.69 Å². The number of fused-ring (bicyclic) bond motifs is 1. The first kappa shape index (κ1) is 12.1. The molecule has 2 aliphatic rings. The van der Waals surface area contributed by atoms with Crippen molar-refractivity contribution in [3.8, 4) is 0 Å². The van der Waals surface area contributed by atoms with Crippen LogP contribution in [0.15, 0.2) is 23.3 Å². The Morgan fingerprint density at radius 2 is 2.11 bits per heavy atom. The SMILES string of the molecule is CN(C)C(=c1cccc2c1=NNN2)N1CCOCC1. The number of benzene rings is 1. The second kappa shape index (κ2) is 4.97. The minimum absolute atomic E-state index is 0.778. The number of ether oxygens (including phenoxy) is 1. The number of hydrazine groups is 1. The molecule has 19 heavy (non-hydrogen) atoms. The van der Waals surface area contributed by atoms with Crippen LogP contribution in [0.3, 0.4) is 0 Å². The summed E-state index contributed by atoms with van der Waals surface area (Å²) in [6.07, 6.45) is 0. The van der Waals surface area contributed by atoms with Gasteiger partial charge in [-0.15, -0.1) is 0 Å². The van der Waals surface area contributed by atoms with E-state index in [4.69, 9.17) is 4.74 Å². The Morgan fingerprint density at radius 1 is 1.32 bits per heavy atom. The maximum atomic E-state index is 5.44. The number of para-hydroxylation sites is 1. The van der Waals surface area contributed by atoms with E-state index in [-0.39, 0.29) is 0 Å². The van der Waals surface area contributed by atoms with Crippen LogP contribution in [0.2, 0.25) is 0 Å². The van der Waals surface area contributed by atoms with Gasteiger partial charge >= 0.3 is 0 Å². The van der Waals surface area contributed by atoms with Crippen LogP contribution in [0.5, 0.6) is 0 Å². The molecule has 0 atom stereocenters. The molecule has 6 nitrogen and oxygen atoms in total. The molecule has 1 fully saturated rings. The van der Waals surface area contributed by atoms with Crippen LogP contribution < -0.4 is 21.5 Å². The van der Waals surface area contributed by atoms with E-state index in [0.717, 1.165) is 42.6 Å². The first-order chi connectivity index (χ1) is 9.27. The number of nitrogens with zero attached hydrogens (tertiary/aromatic N) is 3. The van der Waals surface area contributed by atoms with E-state index >= 15 is 0 Å². The summed E-state index contributed by atoms with van der Waals surface area (Å²) in [6, 6.07) is 6.18. The summed E-state index contributed by atoms with van der Waals surface area (Å²) in [6.45, 7) is 3.39. The molecule has 2 aliphatic heterocycles. The summed E-state index contributed by atoms with van der Waals surface area (Å²) in [4.78, 5) is 4.50. The highest BCUT2D eigenvalue weighted by molar-refractivity contribution is 5.49. The average Bonchev–Trinajstić information content (AvgIpc) is 2.89. The number of hydrogen-bond acceptors (Lipinski definition) is 6. The van der Waals surface area contributed by atoms with Gasteiger partial charge in [0.25, 0.3) is 0 Å². The van der Waals surface area contributed by atoms with Crippen LogP contribution >= 0.6 is 0 Å². The van der Waals surface area contributed by atoms with Crippen LogP contribution in [-0.4, -0.2) is 50.2 Å². The Bertz CT molecular complexity index is 577. The maximum absolute atomic E-state index is 5.44. The molecule has 0 radical (unpaired) electrons. The summed E-state index contributed by atoms with van der Waals surface area (Å²) >= 11 is 0.